The third-order valence-corrected chi connectivity index (χ3v) is 3.96. The molecule has 2 rings (SSSR count). The fourth-order valence-corrected chi connectivity index (χ4v) is 2.99. The number of benzene rings is 1. The minimum atomic E-state index is -0.683. The van der Waals surface area contributed by atoms with E-state index in [0.29, 0.717) is 18.2 Å². The van der Waals surface area contributed by atoms with Crippen molar-refractivity contribution in [3.8, 4) is 0 Å². The van der Waals surface area contributed by atoms with E-state index in [1.54, 1.807) is 7.11 Å². The highest BCUT2D eigenvalue weighted by Crippen LogP contribution is 2.31. The van der Waals surface area contributed by atoms with E-state index in [2.05, 4.69) is 4.90 Å². The SMILES string of the molecule is COCC1(C(N)=O)CCCN1Cc1cccc(Cl)c1. The molecule has 5 heteroatoms. The summed E-state index contributed by atoms with van der Waals surface area (Å²) in [5, 5.41) is 0.702. The van der Waals surface area contributed by atoms with E-state index >= 15 is 0 Å². The lowest BCUT2D eigenvalue weighted by Crippen LogP contribution is -2.56. The van der Waals surface area contributed by atoms with Gasteiger partial charge in [-0.1, -0.05) is 23.7 Å². The Morgan fingerprint density at radius 1 is 1.58 bits per heavy atom. The number of methoxy groups -OCH3 is 1. The van der Waals surface area contributed by atoms with Crippen molar-refractivity contribution in [1.29, 1.82) is 0 Å². The van der Waals surface area contributed by atoms with Crippen LogP contribution in [0.1, 0.15) is 18.4 Å². The van der Waals surface area contributed by atoms with E-state index in [4.69, 9.17) is 22.1 Å². The summed E-state index contributed by atoms with van der Waals surface area (Å²) in [7, 11) is 1.60. The lowest BCUT2D eigenvalue weighted by molar-refractivity contribution is -0.132. The molecule has 2 N–H and O–H groups in total. The van der Waals surface area contributed by atoms with Crippen molar-refractivity contribution in [3.63, 3.8) is 0 Å². The summed E-state index contributed by atoms with van der Waals surface area (Å²) in [5.41, 5.74) is 6.00. The molecule has 1 aliphatic rings. The van der Waals surface area contributed by atoms with Gasteiger partial charge in [0.2, 0.25) is 5.91 Å². The van der Waals surface area contributed by atoms with Gasteiger partial charge in [0.25, 0.3) is 0 Å². The number of carbonyl (C=O) groups is 1. The van der Waals surface area contributed by atoms with Crippen LogP contribution in [0.4, 0.5) is 0 Å². The predicted molar refractivity (Wildman–Crippen MR) is 74.9 cm³/mol. The zero-order chi connectivity index (χ0) is 13.9. The number of rotatable bonds is 5. The second-order valence-electron chi connectivity index (χ2n) is 4.98. The molecule has 1 amide bonds. The number of amides is 1. The Hall–Kier alpha value is -1.10. The monoisotopic (exact) mass is 282 g/mol. The fourth-order valence-electron chi connectivity index (χ4n) is 2.77. The van der Waals surface area contributed by atoms with Crippen molar-refractivity contribution in [2.24, 2.45) is 5.73 Å². The van der Waals surface area contributed by atoms with Crippen LogP contribution >= 0.6 is 11.6 Å². The van der Waals surface area contributed by atoms with E-state index < -0.39 is 5.54 Å². The molecule has 19 heavy (non-hydrogen) atoms. The maximum Gasteiger partial charge on any atom is 0.240 e. The highest BCUT2D eigenvalue weighted by molar-refractivity contribution is 6.30. The van der Waals surface area contributed by atoms with E-state index in [9.17, 15) is 4.79 Å². The number of carbonyl (C=O) groups excluding carboxylic acids is 1. The number of hydrogen-bond donors (Lipinski definition) is 1. The van der Waals surface area contributed by atoms with Gasteiger partial charge in [0.1, 0.15) is 5.54 Å². The summed E-state index contributed by atoms with van der Waals surface area (Å²) in [6, 6.07) is 7.67. The number of nitrogens with zero attached hydrogens (tertiary/aromatic N) is 1. The van der Waals surface area contributed by atoms with Crippen LogP contribution < -0.4 is 5.73 Å². The molecule has 1 heterocycles. The molecule has 1 aromatic rings. The Balaban J connectivity index is 2.20. The fraction of sp³-hybridized carbons (Fsp3) is 0.500. The first-order chi connectivity index (χ1) is 9.08. The van der Waals surface area contributed by atoms with Crippen LogP contribution in [0, 0.1) is 0 Å². The Bertz CT molecular complexity index is 467. The van der Waals surface area contributed by atoms with Crippen molar-refractivity contribution < 1.29 is 9.53 Å². The van der Waals surface area contributed by atoms with Crippen LogP contribution in [0.15, 0.2) is 24.3 Å². The molecule has 1 saturated heterocycles. The standard InChI is InChI=1S/C14H19ClN2O2/c1-19-10-14(13(16)18)6-3-7-17(14)9-11-4-2-5-12(15)8-11/h2,4-5,8H,3,6-7,9-10H2,1H3,(H2,16,18). The Kier molecular flexibility index (Phi) is 4.45. The zero-order valence-electron chi connectivity index (χ0n) is 11.1. The third kappa shape index (κ3) is 2.91. The van der Waals surface area contributed by atoms with E-state index in [1.807, 2.05) is 24.3 Å². The lowest BCUT2D eigenvalue weighted by atomic mass is 9.96. The van der Waals surface area contributed by atoms with E-state index in [1.165, 1.54) is 0 Å². The van der Waals surface area contributed by atoms with Gasteiger partial charge in [-0.15, -0.1) is 0 Å². The molecule has 0 radical (unpaired) electrons. The van der Waals surface area contributed by atoms with Crippen LogP contribution in [0.25, 0.3) is 0 Å². The number of primary amides is 1. The van der Waals surface area contributed by atoms with Crippen LogP contribution in [-0.4, -0.2) is 36.6 Å². The summed E-state index contributed by atoms with van der Waals surface area (Å²) in [6.07, 6.45) is 1.70. The molecule has 1 fully saturated rings. The Morgan fingerprint density at radius 2 is 2.37 bits per heavy atom. The van der Waals surface area contributed by atoms with Gasteiger partial charge in [-0.25, -0.2) is 0 Å². The van der Waals surface area contributed by atoms with Crippen LogP contribution in [0.2, 0.25) is 5.02 Å². The van der Waals surface area contributed by atoms with Gasteiger partial charge < -0.3 is 10.5 Å². The molecule has 0 aromatic heterocycles. The van der Waals surface area contributed by atoms with E-state index in [-0.39, 0.29) is 5.91 Å². The average molecular weight is 283 g/mol. The van der Waals surface area contributed by atoms with Gasteiger partial charge in [-0.05, 0) is 37.1 Å². The van der Waals surface area contributed by atoms with Gasteiger partial charge in [0.15, 0.2) is 0 Å². The topological polar surface area (TPSA) is 55.6 Å². The maximum atomic E-state index is 11.9. The number of likely N-dealkylation sites (tertiary alicyclic amines) is 1. The first-order valence-corrected chi connectivity index (χ1v) is 6.74. The normalized spacial score (nSPS) is 23.7. The molecule has 1 atom stereocenters. The van der Waals surface area contributed by atoms with Crippen molar-refractivity contribution in [2.75, 3.05) is 20.3 Å². The number of hydrogen-bond acceptors (Lipinski definition) is 3. The number of halogens is 1. The Labute approximate surface area is 118 Å². The van der Waals surface area contributed by atoms with Gasteiger partial charge >= 0.3 is 0 Å². The largest absolute Gasteiger partial charge is 0.382 e. The lowest BCUT2D eigenvalue weighted by Gasteiger charge is -2.35. The quantitative estimate of drug-likeness (QED) is 0.896. The highest BCUT2D eigenvalue weighted by atomic mass is 35.5. The average Bonchev–Trinajstić information content (AvgIpc) is 2.74. The predicted octanol–water partition coefficient (Wildman–Crippen LogP) is 1.81. The van der Waals surface area contributed by atoms with Gasteiger partial charge in [0.05, 0.1) is 6.61 Å². The molecule has 0 aliphatic carbocycles. The molecule has 0 spiro atoms. The minimum absolute atomic E-state index is 0.311. The smallest absolute Gasteiger partial charge is 0.240 e. The van der Waals surface area contributed by atoms with Crippen LogP contribution in [0.5, 0.6) is 0 Å². The van der Waals surface area contributed by atoms with Crippen molar-refractivity contribution in [1.82, 2.24) is 4.90 Å². The van der Waals surface area contributed by atoms with Crippen molar-refractivity contribution in [3.05, 3.63) is 34.9 Å². The summed E-state index contributed by atoms with van der Waals surface area (Å²) < 4.78 is 5.21. The molecular weight excluding hydrogens is 264 g/mol. The zero-order valence-corrected chi connectivity index (χ0v) is 11.8. The Morgan fingerprint density at radius 3 is 3.00 bits per heavy atom. The molecule has 104 valence electrons. The summed E-state index contributed by atoms with van der Waals surface area (Å²) >= 11 is 5.99. The maximum absolute atomic E-state index is 11.9. The summed E-state index contributed by atoms with van der Waals surface area (Å²) in [4.78, 5) is 14.0. The molecule has 1 unspecified atom stereocenters. The van der Waals surface area contributed by atoms with Crippen molar-refractivity contribution in [2.45, 2.75) is 24.9 Å². The molecule has 0 saturated carbocycles. The van der Waals surface area contributed by atoms with E-state index in [0.717, 1.165) is 24.9 Å². The molecule has 1 aromatic carbocycles. The molecular formula is C14H19ClN2O2. The van der Waals surface area contributed by atoms with Gasteiger partial charge in [-0.2, -0.15) is 0 Å². The number of ether oxygens (including phenoxy) is 1. The first kappa shape index (κ1) is 14.3. The second-order valence-corrected chi connectivity index (χ2v) is 5.42. The summed E-state index contributed by atoms with van der Waals surface area (Å²) in [6.45, 7) is 1.84. The highest BCUT2D eigenvalue weighted by Gasteiger charge is 2.46. The molecule has 0 bridgehead atoms. The van der Waals surface area contributed by atoms with Gasteiger partial charge in [0, 0.05) is 18.7 Å². The second kappa shape index (κ2) is 5.90. The van der Waals surface area contributed by atoms with Crippen LogP contribution in [0.3, 0.4) is 0 Å². The molecule has 4 nitrogen and oxygen atoms in total. The molecule has 1 aliphatic heterocycles. The van der Waals surface area contributed by atoms with Gasteiger partial charge in [-0.3, -0.25) is 9.69 Å². The minimum Gasteiger partial charge on any atom is -0.382 e. The third-order valence-electron chi connectivity index (χ3n) is 3.73. The number of nitrogens with two attached hydrogens (primary N) is 1. The van der Waals surface area contributed by atoms with Crippen molar-refractivity contribution >= 4 is 17.5 Å². The van der Waals surface area contributed by atoms with Crippen LogP contribution in [-0.2, 0) is 16.1 Å². The summed E-state index contributed by atoms with van der Waals surface area (Å²) in [5.74, 6) is -0.311. The first-order valence-electron chi connectivity index (χ1n) is 6.37.